The van der Waals surface area contributed by atoms with Crippen molar-refractivity contribution in [2.45, 2.75) is 19.3 Å². The number of thiophene rings is 1. The number of rotatable bonds is 4. The topological polar surface area (TPSA) is 3.24 Å². The highest BCUT2D eigenvalue weighted by Crippen LogP contribution is 2.51. The zero-order valence-electron chi connectivity index (χ0n) is 27.4. The Morgan fingerprint density at radius 1 is 0.408 bits per heavy atom. The summed E-state index contributed by atoms with van der Waals surface area (Å²) in [7, 11) is 0. The lowest BCUT2D eigenvalue weighted by Gasteiger charge is -2.27. The van der Waals surface area contributed by atoms with E-state index in [9.17, 15) is 0 Å². The SMILES string of the molecule is CC1(C)c2ccccc2-c2cc(N(c3cccc(-c4ccc5ccccc5c4)c3)c3ccc4c(c3)sc3cc5ccccc5cc34)ccc21. The Morgan fingerprint density at radius 3 is 1.90 bits per heavy atom. The van der Waals surface area contributed by atoms with Gasteiger partial charge in [-0.1, -0.05) is 123 Å². The van der Waals surface area contributed by atoms with Gasteiger partial charge in [0.15, 0.2) is 0 Å². The normalized spacial score (nSPS) is 13.3. The second-order valence-electron chi connectivity index (χ2n) is 13.8. The quantitative estimate of drug-likeness (QED) is 0.184. The zero-order chi connectivity index (χ0) is 32.7. The van der Waals surface area contributed by atoms with E-state index in [1.807, 2.05) is 11.3 Å². The number of hydrogen-bond donors (Lipinski definition) is 0. The fraction of sp³-hybridized carbons (Fsp3) is 0.0638. The minimum Gasteiger partial charge on any atom is -0.310 e. The molecule has 49 heavy (non-hydrogen) atoms. The molecule has 9 aromatic rings. The molecule has 0 radical (unpaired) electrons. The van der Waals surface area contributed by atoms with Crippen molar-refractivity contribution < 1.29 is 0 Å². The van der Waals surface area contributed by atoms with Crippen molar-refractivity contribution in [3.8, 4) is 22.3 Å². The van der Waals surface area contributed by atoms with Gasteiger partial charge in [-0.15, -0.1) is 11.3 Å². The van der Waals surface area contributed by atoms with Gasteiger partial charge in [0.25, 0.3) is 0 Å². The molecule has 0 saturated carbocycles. The van der Waals surface area contributed by atoms with E-state index in [0.717, 1.165) is 17.1 Å². The fourth-order valence-electron chi connectivity index (χ4n) is 8.08. The van der Waals surface area contributed by atoms with Crippen LogP contribution in [0, 0.1) is 0 Å². The average Bonchev–Trinajstić information content (AvgIpc) is 3.61. The predicted octanol–water partition coefficient (Wildman–Crippen LogP) is 13.8. The van der Waals surface area contributed by atoms with E-state index >= 15 is 0 Å². The van der Waals surface area contributed by atoms with Crippen LogP contribution in [0.25, 0.3) is 64.0 Å². The summed E-state index contributed by atoms with van der Waals surface area (Å²) in [6.45, 7) is 4.70. The van der Waals surface area contributed by atoms with Gasteiger partial charge in [0, 0.05) is 42.6 Å². The van der Waals surface area contributed by atoms with E-state index < -0.39 is 0 Å². The molecule has 232 valence electrons. The lowest BCUT2D eigenvalue weighted by Crippen LogP contribution is -2.15. The zero-order valence-corrected chi connectivity index (χ0v) is 28.3. The van der Waals surface area contributed by atoms with Crippen LogP contribution in [0.4, 0.5) is 17.1 Å². The number of fused-ring (bicyclic) bond motifs is 8. The highest BCUT2D eigenvalue weighted by molar-refractivity contribution is 7.25. The van der Waals surface area contributed by atoms with Crippen LogP contribution in [0.5, 0.6) is 0 Å². The monoisotopic (exact) mass is 643 g/mol. The number of benzene rings is 8. The van der Waals surface area contributed by atoms with Crippen molar-refractivity contribution in [1.29, 1.82) is 0 Å². The maximum Gasteiger partial charge on any atom is 0.0476 e. The predicted molar refractivity (Wildman–Crippen MR) is 212 cm³/mol. The molecule has 1 nitrogen and oxygen atoms in total. The molecular weight excluding hydrogens is 611 g/mol. The van der Waals surface area contributed by atoms with Crippen LogP contribution in [0.3, 0.4) is 0 Å². The molecule has 8 aromatic carbocycles. The van der Waals surface area contributed by atoms with Crippen LogP contribution < -0.4 is 4.90 Å². The Labute approximate surface area is 290 Å². The van der Waals surface area contributed by atoms with Crippen molar-refractivity contribution in [3.05, 3.63) is 175 Å². The minimum atomic E-state index is -0.0369. The third-order valence-electron chi connectivity index (χ3n) is 10.6. The van der Waals surface area contributed by atoms with Crippen LogP contribution in [0.15, 0.2) is 164 Å². The second-order valence-corrected chi connectivity index (χ2v) is 14.9. The molecule has 1 aliphatic rings. The summed E-state index contributed by atoms with van der Waals surface area (Å²) < 4.78 is 2.62. The van der Waals surface area contributed by atoms with Crippen LogP contribution in [0.2, 0.25) is 0 Å². The van der Waals surface area contributed by atoms with E-state index in [4.69, 9.17) is 0 Å². The van der Waals surface area contributed by atoms with Crippen LogP contribution in [0.1, 0.15) is 25.0 Å². The van der Waals surface area contributed by atoms with Gasteiger partial charge >= 0.3 is 0 Å². The van der Waals surface area contributed by atoms with Gasteiger partial charge in [0.2, 0.25) is 0 Å². The Hall–Kier alpha value is -5.70. The van der Waals surface area contributed by atoms with Crippen molar-refractivity contribution >= 4 is 70.1 Å². The Kier molecular flexibility index (Phi) is 6.16. The van der Waals surface area contributed by atoms with Crippen LogP contribution >= 0.6 is 11.3 Å². The van der Waals surface area contributed by atoms with E-state index in [-0.39, 0.29) is 5.41 Å². The average molecular weight is 644 g/mol. The Bertz CT molecular complexity index is 2770. The van der Waals surface area contributed by atoms with Gasteiger partial charge in [-0.3, -0.25) is 0 Å². The molecule has 0 atom stereocenters. The summed E-state index contributed by atoms with van der Waals surface area (Å²) >= 11 is 1.88. The van der Waals surface area contributed by atoms with E-state index in [1.165, 1.54) is 75.1 Å². The summed E-state index contributed by atoms with van der Waals surface area (Å²) in [6, 6.07) is 60.8. The number of anilines is 3. The summed E-state index contributed by atoms with van der Waals surface area (Å²) in [5, 5.41) is 7.72. The van der Waals surface area contributed by atoms with E-state index in [2.05, 4.69) is 183 Å². The molecule has 0 N–H and O–H groups in total. The molecule has 0 saturated heterocycles. The van der Waals surface area contributed by atoms with Gasteiger partial charge in [0.1, 0.15) is 0 Å². The Morgan fingerprint density at radius 2 is 1.04 bits per heavy atom. The smallest absolute Gasteiger partial charge is 0.0476 e. The molecule has 1 heterocycles. The molecular formula is C47H33NS. The molecule has 1 aromatic heterocycles. The summed E-state index contributed by atoms with van der Waals surface area (Å²) in [6.07, 6.45) is 0. The number of hydrogen-bond acceptors (Lipinski definition) is 2. The maximum absolute atomic E-state index is 2.44. The lowest BCUT2D eigenvalue weighted by atomic mass is 9.82. The van der Waals surface area contributed by atoms with Gasteiger partial charge < -0.3 is 4.90 Å². The largest absolute Gasteiger partial charge is 0.310 e. The van der Waals surface area contributed by atoms with Crippen molar-refractivity contribution in [2.75, 3.05) is 4.90 Å². The van der Waals surface area contributed by atoms with E-state index in [1.54, 1.807) is 0 Å². The van der Waals surface area contributed by atoms with Gasteiger partial charge in [-0.2, -0.15) is 0 Å². The minimum absolute atomic E-state index is 0.0369. The molecule has 10 rings (SSSR count). The third kappa shape index (κ3) is 4.45. The molecule has 0 amide bonds. The van der Waals surface area contributed by atoms with Crippen molar-refractivity contribution in [3.63, 3.8) is 0 Å². The summed E-state index contributed by atoms with van der Waals surface area (Å²) in [5.74, 6) is 0. The lowest BCUT2D eigenvalue weighted by molar-refractivity contribution is 0.660. The van der Waals surface area contributed by atoms with Crippen LogP contribution in [-0.2, 0) is 5.41 Å². The second kappa shape index (κ2) is 10.7. The molecule has 1 aliphatic carbocycles. The Balaban J connectivity index is 1.17. The molecule has 0 fully saturated rings. The first-order valence-corrected chi connectivity index (χ1v) is 17.8. The van der Waals surface area contributed by atoms with Gasteiger partial charge in [0.05, 0.1) is 0 Å². The fourth-order valence-corrected chi connectivity index (χ4v) is 9.25. The molecule has 0 unspecified atom stereocenters. The summed E-state index contributed by atoms with van der Waals surface area (Å²) in [5.41, 5.74) is 11.3. The summed E-state index contributed by atoms with van der Waals surface area (Å²) in [4.78, 5) is 2.44. The highest BCUT2D eigenvalue weighted by Gasteiger charge is 2.35. The van der Waals surface area contributed by atoms with Crippen LogP contribution in [-0.4, -0.2) is 0 Å². The molecule has 0 bridgehead atoms. The first-order chi connectivity index (χ1) is 24.0. The standard InChI is InChI=1S/C47H33NS/c1-47(2)43-17-8-7-16-39(43)41-28-37(21-23-44(41)47)48(36-15-9-14-32(25-36)35-19-18-30-10-3-4-11-31(30)24-35)38-20-22-40-42-26-33-12-5-6-13-34(33)27-45(42)49-46(40)29-38/h3-29H,1-2H3. The number of nitrogens with zero attached hydrogens (tertiary/aromatic N) is 1. The third-order valence-corrected chi connectivity index (χ3v) is 11.7. The van der Waals surface area contributed by atoms with Gasteiger partial charge in [-0.05, 0) is 110 Å². The van der Waals surface area contributed by atoms with Gasteiger partial charge in [-0.25, -0.2) is 0 Å². The molecule has 0 aliphatic heterocycles. The van der Waals surface area contributed by atoms with E-state index in [0.29, 0.717) is 0 Å². The molecule has 2 heteroatoms. The first kappa shape index (κ1) is 28.3. The maximum atomic E-state index is 2.44. The molecule has 0 spiro atoms. The first-order valence-electron chi connectivity index (χ1n) is 17.0. The van der Waals surface area contributed by atoms with Crippen molar-refractivity contribution in [1.82, 2.24) is 0 Å². The highest BCUT2D eigenvalue weighted by atomic mass is 32.1. The van der Waals surface area contributed by atoms with Crippen molar-refractivity contribution in [2.24, 2.45) is 0 Å².